The lowest BCUT2D eigenvalue weighted by Crippen LogP contribution is -2.44. The Morgan fingerprint density at radius 1 is 1.56 bits per heavy atom. The second-order valence-electron chi connectivity index (χ2n) is 4.21. The fraction of sp³-hybridized carbons (Fsp3) is 0.500. The smallest absolute Gasteiger partial charge is 0.322 e. The zero-order chi connectivity index (χ0) is 11.4. The molecule has 0 spiro atoms. The Kier molecular flexibility index (Phi) is 3.39. The monoisotopic (exact) mass is 219 g/mol. The summed E-state index contributed by atoms with van der Waals surface area (Å²) >= 11 is 0. The molecule has 0 aromatic carbocycles. The SMILES string of the molecule is CC1CCCCN1C(=O)Nc1cccnc1. The number of carbonyl (C=O) groups excluding carboxylic acids is 1. The Bertz CT molecular complexity index is 353. The first-order chi connectivity index (χ1) is 7.77. The van der Waals surface area contributed by atoms with Crippen LogP contribution in [0.3, 0.4) is 0 Å². The van der Waals surface area contributed by atoms with Crippen molar-refractivity contribution in [2.24, 2.45) is 0 Å². The van der Waals surface area contributed by atoms with E-state index in [2.05, 4.69) is 17.2 Å². The molecule has 0 bridgehead atoms. The molecule has 1 aromatic rings. The maximum absolute atomic E-state index is 12.0. The molecule has 2 heterocycles. The van der Waals surface area contributed by atoms with E-state index >= 15 is 0 Å². The number of pyridine rings is 1. The van der Waals surface area contributed by atoms with Crippen LogP contribution >= 0.6 is 0 Å². The van der Waals surface area contributed by atoms with Crippen LogP contribution in [0.1, 0.15) is 26.2 Å². The zero-order valence-electron chi connectivity index (χ0n) is 9.52. The Labute approximate surface area is 95.7 Å². The molecule has 2 rings (SSSR count). The van der Waals surface area contributed by atoms with Crippen LogP contribution in [0.15, 0.2) is 24.5 Å². The standard InChI is InChI=1S/C12H17N3O/c1-10-5-2-3-8-15(10)12(16)14-11-6-4-7-13-9-11/h4,6-7,9-10H,2-3,5,8H2,1H3,(H,14,16). The number of rotatable bonds is 1. The second-order valence-corrected chi connectivity index (χ2v) is 4.21. The van der Waals surface area contributed by atoms with E-state index in [9.17, 15) is 4.79 Å². The molecule has 16 heavy (non-hydrogen) atoms. The van der Waals surface area contributed by atoms with Crippen molar-refractivity contribution in [3.05, 3.63) is 24.5 Å². The summed E-state index contributed by atoms with van der Waals surface area (Å²) in [6, 6.07) is 3.99. The number of piperidine rings is 1. The van der Waals surface area contributed by atoms with Crippen molar-refractivity contribution < 1.29 is 4.79 Å². The van der Waals surface area contributed by atoms with Gasteiger partial charge in [0.2, 0.25) is 0 Å². The molecule has 4 heteroatoms. The van der Waals surface area contributed by atoms with Crippen molar-refractivity contribution in [1.29, 1.82) is 0 Å². The third-order valence-corrected chi connectivity index (χ3v) is 2.98. The molecule has 1 aromatic heterocycles. The number of hydrogen-bond acceptors (Lipinski definition) is 2. The van der Waals surface area contributed by atoms with Crippen molar-refractivity contribution in [3.63, 3.8) is 0 Å². The zero-order valence-corrected chi connectivity index (χ0v) is 9.52. The lowest BCUT2D eigenvalue weighted by molar-refractivity contribution is 0.170. The van der Waals surface area contributed by atoms with E-state index in [1.165, 1.54) is 6.42 Å². The number of likely N-dealkylation sites (tertiary alicyclic amines) is 1. The van der Waals surface area contributed by atoms with Gasteiger partial charge in [0.05, 0.1) is 11.9 Å². The van der Waals surface area contributed by atoms with E-state index in [4.69, 9.17) is 0 Å². The Morgan fingerprint density at radius 3 is 3.12 bits per heavy atom. The van der Waals surface area contributed by atoms with Gasteiger partial charge in [0.15, 0.2) is 0 Å². The molecule has 0 aliphatic carbocycles. The van der Waals surface area contributed by atoms with Gasteiger partial charge < -0.3 is 10.2 Å². The van der Waals surface area contributed by atoms with Gasteiger partial charge in [-0.2, -0.15) is 0 Å². The summed E-state index contributed by atoms with van der Waals surface area (Å²) in [5.41, 5.74) is 0.755. The van der Waals surface area contributed by atoms with Crippen molar-refractivity contribution in [3.8, 4) is 0 Å². The number of nitrogens with one attached hydrogen (secondary N) is 1. The number of aromatic nitrogens is 1. The normalized spacial score (nSPS) is 20.6. The van der Waals surface area contributed by atoms with E-state index in [1.54, 1.807) is 12.4 Å². The highest BCUT2D eigenvalue weighted by atomic mass is 16.2. The first-order valence-corrected chi connectivity index (χ1v) is 5.75. The first-order valence-electron chi connectivity index (χ1n) is 5.75. The Morgan fingerprint density at radius 2 is 2.44 bits per heavy atom. The molecule has 1 N–H and O–H groups in total. The highest BCUT2D eigenvalue weighted by Gasteiger charge is 2.22. The molecule has 0 radical (unpaired) electrons. The van der Waals surface area contributed by atoms with Gasteiger partial charge in [-0.3, -0.25) is 4.98 Å². The summed E-state index contributed by atoms with van der Waals surface area (Å²) < 4.78 is 0. The molecule has 1 aliphatic heterocycles. The van der Waals surface area contributed by atoms with Crippen molar-refractivity contribution >= 4 is 11.7 Å². The lowest BCUT2D eigenvalue weighted by Gasteiger charge is -2.33. The minimum Gasteiger partial charge on any atom is -0.322 e. The van der Waals surface area contributed by atoms with E-state index in [0.717, 1.165) is 25.1 Å². The van der Waals surface area contributed by atoms with Crippen LogP contribution in [-0.2, 0) is 0 Å². The molecule has 0 saturated carbocycles. The Balaban J connectivity index is 1.97. The minimum absolute atomic E-state index is 0.0137. The quantitative estimate of drug-likeness (QED) is 0.788. The highest BCUT2D eigenvalue weighted by molar-refractivity contribution is 5.89. The van der Waals surface area contributed by atoms with Gasteiger partial charge in [-0.15, -0.1) is 0 Å². The largest absolute Gasteiger partial charge is 0.322 e. The molecule has 1 unspecified atom stereocenters. The van der Waals surface area contributed by atoms with Crippen molar-refractivity contribution in [1.82, 2.24) is 9.88 Å². The fourth-order valence-electron chi connectivity index (χ4n) is 2.03. The predicted molar refractivity (Wildman–Crippen MR) is 63.3 cm³/mol. The molecule has 2 amide bonds. The fourth-order valence-corrected chi connectivity index (χ4v) is 2.03. The summed E-state index contributed by atoms with van der Waals surface area (Å²) in [5, 5.41) is 2.87. The van der Waals surface area contributed by atoms with Crippen molar-refractivity contribution in [2.75, 3.05) is 11.9 Å². The van der Waals surface area contributed by atoms with Crippen LogP contribution in [0.4, 0.5) is 10.5 Å². The van der Waals surface area contributed by atoms with Crippen LogP contribution in [0, 0.1) is 0 Å². The maximum Gasteiger partial charge on any atom is 0.322 e. The van der Waals surface area contributed by atoms with E-state index in [1.807, 2.05) is 17.0 Å². The average molecular weight is 219 g/mol. The van der Waals surface area contributed by atoms with Gasteiger partial charge >= 0.3 is 6.03 Å². The molecular weight excluding hydrogens is 202 g/mol. The number of carbonyl (C=O) groups is 1. The second kappa shape index (κ2) is 4.96. The van der Waals surface area contributed by atoms with Crippen LogP contribution in [-0.4, -0.2) is 28.5 Å². The van der Waals surface area contributed by atoms with Gasteiger partial charge in [0.1, 0.15) is 0 Å². The van der Waals surface area contributed by atoms with Crippen LogP contribution in [0.5, 0.6) is 0 Å². The number of urea groups is 1. The summed E-state index contributed by atoms with van der Waals surface area (Å²) in [7, 11) is 0. The molecule has 1 atom stereocenters. The van der Waals surface area contributed by atoms with E-state index < -0.39 is 0 Å². The van der Waals surface area contributed by atoms with Gasteiger partial charge in [-0.1, -0.05) is 0 Å². The third kappa shape index (κ3) is 2.51. The van der Waals surface area contributed by atoms with Gasteiger partial charge in [0, 0.05) is 18.8 Å². The third-order valence-electron chi connectivity index (χ3n) is 2.98. The highest BCUT2D eigenvalue weighted by Crippen LogP contribution is 2.17. The number of nitrogens with zero attached hydrogens (tertiary/aromatic N) is 2. The predicted octanol–water partition coefficient (Wildman–Crippen LogP) is 2.49. The van der Waals surface area contributed by atoms with Crippen LogP contribution in [0.25, 0.3) is 0 Å². The molecule has 1 fully saturated rings. The lowest BCUT2D eigenvalue weighted by atomic mass is 10.0. The molecule has 1 aliphatic rings. The van der Waals surface area contributed by atoms with Crippen LogP contribution in [0.2, 0.25) is 0 Å². The number of anilines is 1. The van der Waals surface area contributed by atoms with Crippen LogP contribution < -0.4 is 5.32 Å². The molecular formula is C12H17N3O. The summed E-state index contributed by atoms with van der Waals surface area (Å²) in [6.45, 7) is 2.95. The summed E-state index contributed by atoms with van der Waals surface area (Å²) in [6.07, 6.45) is 6.77. The number of amides is 2. The average Bonchev–Trinajstić information content (AvgIpc) is 2.31. The van der Waals surface area contributed by atoms with Crippen molar-refractivity contribution in [2.45, 2.75) is 32.2 Å². The Hall–Kier alpha value is -1.58. The topological polar surface area (TPSA) is 45.2 Å². The summed E-state index contributed by atoms with van der Waals surface area (Å²) in [4.78, 5) is 17.8. The van der Waals surface area contributed by atoms with E-state index in [-0.39, 0.29) is 6.03 Å². The van der Waals surface area contributed by atoms with Gasteiger partial charge in [-0.25, -0.2) is 4.79 Å². The van der Waals surface area contributed by atoms with Gasteiger partial charge in [0.25, 0.3) is 0 Å². The first kappa shape index (κ1) is 10.9. The minimum atomic E-state index is -0.0137. The maximum atomic E-state index is 12.0. The van der Waals surface area contributed by atoms with E-state index in [0.29, 0.717) is 6.04 Å². The molecule has 1 saturated heterocycles. The number of hydrogen-bond donors (Lipinski definition) is 1. The molecule has 86 valence electrons. The van der Waals surface area contributed by atoms with Gasteiger partial charge in [-0.05, 0) is 38.3 Å². The summed E-state index contributed by atoms with van der Waals surface area (Å²) in [5.74, 6) is 0. The molecule has 4 nitrogen and oxygen atoms in total.